The predicted molar refractivity (Wildman–Crippen MR) is 185 cm³/mol. The van der Waals surface area contributed by atoms with Crippen molar-refractivity contribution in [3.63, 3.8) is 0 Å². The summed E-state index contributed by atoms with van der Waals surface area (Å²) in [6.45, 7) is 6.07. The maximum atomic E-state index is 6.28. The fraction of sp³-hybridized carbons (Fsp3) is 0.405. The van der Waals surface area contributed by atoms with Crippen molar-refractivity contribution >= 4 is 34.3 Å². The topological polar surface area (TPSA) is 87.5 Å². The van der Waals surface area contributed by atoms with Gasteiger partial charge in [0.15, 0.2) is 5.82 Å². The van der Waals surface area contributed by atoms with Gasteiger partial charge in [0.1, 0.15) is 12.4 Å². The van der Waals surface area contributed by atoms with Gasteiger partial charge in [0.05, 0.1) is 32.2 Å². The molecule has 1 saturated heterocycles. The zero-order valence-corrected chi connectivity index (χ0v) is 27.1. The number of likely N-dealkylation sites (N-methyl/N-ethyl adjacent to an activating group) is 1. The summed E-state index contributed by atoms with van der Waals surface area (Å²) in [5.74, 6) is 1.63. The minimum absolute atomic E-state index is 0.316. The van der Waals surface area contributed by atoms with Gasteiger partial charge in [-0.3, -0.25) is 4.99 Å². The van der Waals surface area contributed by atoms with Crippen LogP contribution in [0.25, 0.3) is 10.8 Å². The Morgan fingerprint density at radius 1 is 1.02 bits per heavy atom. The first-order chi connectivity index (χ1) is 22.6. The van der Waals surface area contributed by atoms with Crippen LogP contribution in [0.2, 0.25) is 0 Å². The van der Waals surface area contributed by atoms with E-state index in [1.165, 1.54) is 28.4 Å². The number of nitrogens with one attached hydrogen (secondary N) is 1. The Hall–Kier alpha value is -4.50. The standard InChI is InChI=1S/C37H43N7O2/c1-25-9-6-11-26-12-7-14-33(35(25)26)44-18-16-31-32(22-44)41-37(46-23-30-13-8-17-43(30)2)42-36(31)40-29-19-28(20-29)39-24-38-21-27-10-4-5-15-34(27)45-3/h4-7,9-12,14-15,24,28,30H,8,13,16-23H2,1-3H3,(H,38,39)/t28?,30-/m0/s1. The van der Waals surface area contributed by atoms with Gasteiger partial charge in [-0.1, -0.05) is 48.5 Å². The third kappa shape index (κ3) is 6.42. The molecule has 46 heavy (non-hydrogen) atoms. The van der Waals surface area contributed by atoms with E-state index in [9.17, 15) is 0 Å². The van der Waals surface area contributed by atoms with Gasteiger partial charge in [0.25, 0.3) is 0 Å². The number of anilines is 1. The van der Waals surface area contributed by atoms with Gasteiger partial charge in [0, 0.05) is 59.4 Å². The molecule has 0 bridgehead atoms. The number of benzene rings is 3. The highest BCUT2D eigenvalue weighted by molar-refractivity contribution is 5.97. The zero-order valence-electron chi connectivity index (χ0n) is 27.1. The van der Waals surface area contributed by atoms with Crippen molar-refractivity contribution in [2.75, 3.05) is 38.8 Å². The Balaban J connectivity index is 1.08. The Morgan fingerprint density at radius 2 is 1.87 bits per heavy atom. The van der Waals surface area contributed by atoms with E-state index in [4.69, 9.17) is 24.4 Å². The SMILES string of the molecule is COc1ccccc1CN=CNC1CC(=Nc2nc(OC[C@@H]3CCCN3C)nc3c2CCN(c2cccc4cccc(C)c24)C3)C1. The van der Waals surface area contributed by atoms with E-state index in [2.05, 4.69) is 70.5 Å². The van der Waals surface area contributed by atoms with Crippen LogP contribution in [0, 0.1) is 6.92 Å². The van der Waals surface area contributed by atoms with Gasteiger partial charge in [-0.2, -0.15) is 9.97 Å². The fourth-order valence-electron chi connectivity index (χ4n) is 6.88. The molecule has 9 nitrogen and oxygen atoms in total. The Bertz CT molecular complexity index is 1760. The molecule has 0 unspecified atom stereocenters. The molecule has 238 valence electrons. The molecule has 0 spiro atoms. The summed E-state index contributed by atoms with van der Waals surface area (Å²) in [7, 11) is 3.86. The molecule has 1 aromatic heterocycles. The predicted octanol–water partition coefficient (Wildman–Crippen LogP) is 6.04. The molecule has 4 aromatic rings. The van der Waals surface area contributed by atoms with Crippen molar-refractivity contribution in [3.8, 4) is 11.8 Å². The van der Waals surface area contributed by atoms with Crippen LogP contribution >= 0.6 is 0 Å². The fourth-order valence-corrected chi connectivity index (χ4v) is 6.88. The molecule has 1 saturated carbocycles. The number of aryl methyl sites for hydroxylation is 1. The highest BCUT2D eigenvalue weighted by Gasteiger charge is 2.28. The molecule has 2 fully saturated rings. The number of hydrogen-bond acceptors (Lipinski definition) is 8. The van der Waals surface area contributed by atoms with E-state index < -0.39 is 0 Å². The second kappa shape index (κ2) is 13.5. The highest BCUT2D eigenvalue weighted by Crippen LogP contribution is 2.36. The zero-order chi connectivity index (χ0) is 31.5. The van der Waals surface area contributed by atoms with Crippen LogP contribution in [-0.4, -0.2) is 72.9 Å². The van der Waals surface area contributed by atoms with Gasteiger partial charge in [-0.05, 0) is 62.9 Å². The van der Waals surface area contributed by atoms with Crippen LogP contribution < -0.4 is 19.7 Å². The quantitative estimate of drug-likeness (QED) is 0.172. The molecule has 2 aliphatic heterocycles. The lowest BCUT2D eigenvalue weighted by Crippen LogP contribution is -2.41. The molecule has 3 heterocycles. The Labute approximate surface area is 271 Å². The number of aliphatic imine (C=N–C) groups is 2. The van der Waals surface area contributed by atoms with E-state index in [1.54, 1.807) is 7.11 Å². The Kier molecular flexibility index (Phi) is 8.83. The lowest BCUT2D eigenvalue weighted by molar-refractivity contribution is 0.187. The summed E-state index contributed by atoms with van der Waals surface area (Å²) >= 11 is 0. The largest absolute Gasteiger partial charge is 0.496 e. The summed E-state index contributed by atoms with van der Waals surface area (Å²) in [5.41, 5.74) is 6.91. The summed E-state index contributed by atoms with van der Waals surface area (Å²) in [4.78, 5) is 24.4. The average molecular weight is 618 g/mol. The summed E-state index contributed by atoms with van der Waals surface area (Å²) < 4.78 is 11.7. The molecule has 9 heteroatoms. The minimum Gasteiger partial charge on any atom is -0.496 e. The third-order valence-corrected chi connectivity index (χ3v) is 9.61. The lowest BCUT2D eigenvalue weighted by atomic mass is 9.90. The number of para-hydroxylation sites is 1. The molecule has 3 aromatic carbocycles. The summed E-state index contributed by atoms with van der Waals surface area (Å²) in [5, 5.41) is 6.01. The highest BCUT2D eigenvalue weighted by atomic mass is 16.5. The molecular formula is C37H43N7O2. The maximum absolute atomic E-state index is 6.28. The molecule has 3 aliphatic rings. The van der Waals surface area contributed by atoms with Gasteiger partial charge >= 0.3 is 6.01 Å². The number of aromatic nitrogens is 2. The average Bonchev–Trinajstić information content (AvgIpc) is 3.48. The summed E-state index contributed by atoms with van der Waals surface area (Å²) in [6.07, 6.45) is 6.73. The summed E-state index contributed by atoms with van der Waals surface area (Å²) in [6, 6.07) is 22.2. The van der Waals surface area contributed by atoms with E-state index in [1.807, 2.05) is 30.6 Å². The molecule has 1 aliphatic carbocycles. The monoisotopic (exact) mass is 617 g/mol. The van der Waals surface area contributed by atoms with Crippen molar-refractivity contribution in [2.24, 2.45) is 9.98 Å². The van der Waals surface area contributed by atoms with Crippen molar-refractivity contribution in [1.82, 2.24) is 20.2 Å². The molecule has 0 amide bonds. The molecule has 0 radical (unpaired) electrons. The number of methoxy groups -OCH3 is 1. The minimum atomic E-state index is 0.316. The smallest absolute Gasteiger partial charge is 0.318 e. The van der Waals surface area contributed by atoms with Crippen molar-refractivity contribution in [1.29, 1.82) is 0 Å². The van der Waals surface area contributed by atoms with Gasteiger partial charge in [-0.25, -0.2) is 4.99 Å². The van der Waals surface area contributed by atoms with Gasteiger partial charge in [0.2, 0.25) is 0 Å². The molecular weight excluding hydrogens is 574 g/mol. The van der Waals surface area contributed by atoms with Gasteiger partial charge < -0.3 is 24.6 Å². The van der Waals surface area contributed by atoms with Crippen molar-refractivity contribution in [3.05, 3.63) is 83.0 Å². The molecule has 7 rings (SSSR count). The van der Waals surface area contributed by atoms with Crippen molar-refractivity contribution in [2.45, 2.75) is 64.2 Å². The second-order valence-corrected chi connectivity index (χ2v) is 12.7. The first kappa shape index (κ1) is 30.2. The van der Waals surface area contributed by atoms with E-state index in [-0.39, 0.29) is 0 Å². The molecule has 1 atom stereocenters. The van der Waals surface area contributed by atoms with Gasteiger partial charge in [-0.15, -0.1) is 0 Å². The van der Waals surface area contributed by atoms with Crippen LogP contribution in [0.3, 0.4) is 0 Å². The van der Waals surface area contributed by atoms with Crippen molar-refractivity contribution < 1.29 is 9.47 Å². The first-order valence-electron chi connectivity index (χ1n) is 16.4. The van der Waals surface area contributed by atoms with Crippen LogP contribution in [-0.2, 0) is 19.5 Å². The Morgan fingerprint density at radius 3 is 2.70 bits per heavy atom. The number of hydrogen-bond donors (Lipinski definition) is 1. The van der Waals surface area contributed by atoms with E-state index in [0.29, 0.717) is 37.8 Å². The first-order valence-corrected chi connectivity index (χ1v) is 16.4. The van der Waals surface area contributed by atoms with E-state index >= 15 is 0 Å². The van der Waals surface area contributed by atoms with E-state index in [0.717, 1.165) is 72.9 Å². The van der Waals surface area contributed by atoms with Crippen LogP contribution in [0.15, 0.2) is 70.6 Å². The number of rotatable bonds is 10. The number of ether oxygens (including phenoxy) is 2. The molecule has 1 N–H and O–H groups in total. The number of fused-ring (bicyclic) bond motifs is 2. The third-order valence-electron chi connectivity index (χ3n) is 9.61. The number of likely N-dealkylation sites (tertiary alicyclic amines) is 1. The lowest BCUT2D eigenvalue weighted by Gasteiger charge is -2.32. The van der Waals surface area contributed by atoms with Crippen LogP contribution in [0.4, 0.5) is 11.5 Å². The maximum Gasteiger partial charge on any atom is 0.318 e. The normalized spacial score (nSPS) is 19.7. The number of nitrogens with zero attached hydrogens (tertiary/aromatic N) is 6. The van der Waals surface area contributed by atoms with Crippen LogP contribution in [0.1, 0.15) is 48.1 Å². The van der Waals surface area contributed by atoms with Crippen LogP contribution in [0.5, 0.6) is 11.8 Å². The second-order valence-electron chi connectivity index (χ2n) is 12.7.